The molecule has 3 nitrogen and oxygen atoms in total. The van der Waals surface area contributed by atoms with Gasteiger partial charge in [-0.05, 0) is 51.1 Å². The van der Waals surface area contributed by atoms with Crippen LogP contribution in [0.1, 0.15) is 25.3 Å². The maximum atomic E-state index is 10.8. The Morgan fingerprint density at radius 1 is 1.31 bits per heavy atom. The van der Waals surface area contributed by atoms with Crippen LogP contribution in [0.25, 0.3) is 0 Å². The molecule has 0 saturated heterocycles. The van der Waals surface area contributed by atoms with Crippen molar-refractivity contribution in [2.75, 3.05) is 20.1 Å². The average Bonchev–Trinajstić information content (AvgIpc) is 2.27. The van der Waals surface area contributed by atoms with E-state index in [2.05, 4.69) is 16.9 Å². The summed E-state index contributed by atoms with van der Waals surface area (Å²) in [6.45, 7) is 3.67. The molecule has 0 aromatic carbocycles. The fourth-order valence-electron chi connectivity index (χ4n) is 1.58. The molecule has 88 valence electrons. The summed E-state index contributed by atoms with van der Waals surface area (Å²) in [4.78, 5) is 17.0. The van der Waals surface area contributed by atoms with Crippen LogP contribution < -0.4 is 0 Å². The highest BCUT2D eigenvalue weighted by atomic mass is 16.1. The molecular weight excluding hydrogens is 200 g/mol. The second kappa shape index (κ2) is 7.12. The highest BCUT2D eigenvalue weighted by Gasteiger charge is 2.00. The lowest BCUT2D eigenvalue weighted by Crippen LogP contribution is -2.22. The normalized spacial score (nSPS) is 10.7. The molecular formula is C13H20N2O. The molecule has 0 amide bonds. The predicted molar refractivity (Wildman–Crippen MR) is 65.4 cm³/mol. The molecule has 3 heteroatoms. The van der Waals surface area contributed by atoms with E-state index in [9.17, 15) is 4.79 Å². The summed E-state index contributed by atoms with van der Waals surface area (Å²) in [5, 5.41) is 0. The van der Waals surface area contributed by atoms with Crippen molar-refractivity contribution in [3.63, 3.8) is 0 Å². The maximum absolute atomic E-state index is 10.8. The van der Waals surface area contributed by atoms with Crippen molar-refractivity contribution in [1.29, 1.82) is 0 Å². The van der Waals surface area contributed by atoms with Crippen LogP contribution in [-0.4, -0.2) is 35.8 Å². The Balaban J connectivity index is 2.15. The second-order valence-electron chi connectivity index (χ2n) is 4.21. The van der Waals surface area contributed by atoms with Gasteiger partial charge >= 0.3 is 0 Å². The van der Waals surface area contributed by atoms with E-state index in [1.54, 1.807) is 6.92 Å². The minimum Gasteiger partial charge on any atom is -0.306 e. The average molecular weight is 220 g/mol. The molecule has 16 heavy (non-hydrogen) atoms. The zero-order valence-electron chi connectivity index (χ0n) is 10.1. The Morgan fingerprint density at radius 2 is 2.00 bits per heavy atom. The van der Waals surface area contributed by atoms with E-state index in [4.69, 9.17) is 0 Å². The van der Waals surface area contributed by atoms with Gasteiger partial charge in [0.05, 0.1) is 0 Å². The van der Waals surface area contributed by atoms with Crippen LogP contribution >= 0.6 is 0 Å². The fourth-order valence-corrected chi connectivity index (χ4v) is 1.58. The number of rotatable bonds is 7. The number of ketones is 1. The summed E-state index contributed by atoms with van der Waals surface area (Å²) >= 11 is 0. The first-order valence-electron chi connectivity index (χ1n) is 5.75. The van der Waals surface area contributed by atoms with Crippen molar-refractivity contribution in [3.8, 4) is 0 Å². The molecule has 0 spiro atoms. The summed E-state index contributed by atoms with van der Waals surface area (Å²) < 4.78 is 0. The van der Waals surface area contributed by atoms with Crippen LogP contribution in [0.5, 0.6) is 0 Å². The number of carbonyl (C=O) groups is 1. The number of pyridine rings is 1. The van der Waals surface area contributed by atoms with Gasteiger partial charge < -0.3 is 9.69 Å². The molecule has 0 bridgehead atoms. The molecule has 1 heterocycles. The number of nitrogens with zero attached hydrogens (tertiary/aromatic N) is 2. The van der Waals surface area contributed by atoms with Gasteiger partial charge in [0.2, 0.25) is 0 Å². The maximum Gasteiger partial charge on any atom is 0.129 e. The highest BCUT2D eigenvalue weighted by molar-refractivity contribution is 5.75. The molecule has 1 aromatic heterocycles. The molecule has 0 aliphatic rings. The Morgan fingerprint density at radius 3 is 2.62 bits per heavy atom. The molecule has 0 fully saturated rings. The van der Waals surface area contributed by atoms with E-state index in [1.165, 1.54) is 5.56 Å². The zero-order valence-corrected chi connectivity index (χ0v) is 10.1. The summed E-state index contributed by atoms with van der Waals surface area (Å²) in [6, 6.07) is 4.09. The van der Waals surface area contributed by atoms with E-state index in [-0.39, 0.29) is 5.78 Å². The van der Waals surface area contributed by atoms with Gasteiger partial charge in [-0.25, -0.2) is 0 Å². The van der Waals surface area contributed by atoms with Gasteiger partial charge in [-0.3, -0.25) is 4.98 Å². The number of hydrogen-bond acceptors (Lipinski definition) is 3. The van der Waals surface area contributed by atoms with Crippen LogP contribution in [0, 0.1) is 0 Å². The minimum absolute atomic E-state index is 0.280. The van der Waals surface area contributed by atoms with Crippen molar-refractivity contribution in [2.24, 2.45) is 0 Å². The zero-order chi connectivity index (χ0) is 11.8. The van der Waals surface area contributed by atoms with Crippen molar-refractivity contribution in [2.45, 2.75) is 26.2 Å². The summed E-state index contributed by atoms with van der Waals surface area (Å²) in [7, 11) is 2.10. The van der Waals surface area contributed by atoms with Gasteiger partial charge in [0.1, 0.15) is 5.78 Å². The fraction of sp³-hybridized carbons (Fsp3) is 0.538. The largest absolute Gasteiger partial charge is 0.306 e. The first-order valence-corrected chi connectivity index (χ1v) is 5.75. The third-order valence-electron chi connectivity index (χ3n) is 2.60. The molecule has 0 unspecified atom stereocenters. The molecule has 0 N–H and O–H groups in total. The lowest BCUT2D eigenvalue weighted by atomic mass is 10.2. The van der Waals surface area contributed by atoms with Crippen LogP contribution in [-0.2, 0) is 11.2 Å². The lowest BCUT2D eigenvalue weighted by molar-refractivity contribution is -0.117. The van der Waals surface area contributed by atoms with Crippen molar-refractivity contribution < 1.29 is 4.79 Å². The number of aromatic nitrogens is 1. The minimum atomic E-state index is 0.280. The van der Waals surface area contributed by atoms with Crippen molar-refractivity contribution in [1.82, 2.24) is 9.88 Å². The highest BCUT2D eigenvalue weighted by Crippen LogP contribution is 2.00. The number of likely N-dealkylation sites (N-methyl/N-ethyl adjacent to an activating group) is 1. The molecule has 0 aliphatic carbocycles. The van der Waals surface area contributed by atoms with Crippen molar-refractivity contribution in [3.05, 3.63) is 30.1 Å². The standard InChI is InChI=1S/C13H20N2O/c1-12(16)4-3-10-15(2)11-7-13-5-8-14-9-6-13/h5-6,8-9H,3-4,7,10-11H2,1-2H3. The number of carbonyl (C=O) groups excluding carboxylic acids is 1. The molecule has 0 saturated carbocycles. The van der Waals surface area contributed by atoms with E-state index < -0.39 is 0 Å². The third kappa shape index (κ3) is 5.61. The smallest absolute Gasteiger partial charge is 0.129 e. The Kier molecular flexibility index (Phi) is 5.72. The molecule has 0 aliphatic heterocycles. The van der Waals surface area contributed by atoms with Crippen LogP contribution in [0.15, 0.2) is 24.5 Å². The number of hydrogen-bond donors (Lipinski definition) is 0. The van der Waals surface area contributed by atoms with Crippen molar-refractivity contribution >= 4 is 5.78 Å². The van der Waals surface area contributed by atoms with E-state index in [0.29, 0.717) is 6.42 Å². The lowest BCUT2D eigenvalue weighted by Gasteiger charge is -2.15. The predicted octanol–water partition coefficient (Wildman–Crippen LogP) is 1.93. The van der Waals surface area contributed by atoms with E-state index in [0.717, 1.165) is 25.9 Å². The molecule has 1 aromatic rings. The first-order chi connectivity index (χ1) is 7.68. The van der Waals surface area contributed by atoms with Gasteiger partial charge in [-0.1, -0.05) is 0 Å². The summed E-state index contributed by atoms with van der Waals surface area (Å²) in [5.74, 6) is 0.280. The Bertz CT molecular complexity index is 311. The van der Waals surface area contributed by atoms with Gasteiger partial charge in [-0.15, -0.1) is 0 Å². The van der Waals surface area contributed by atoms with Gasteiger partial charge in [0, 0.05) is 25.4 Å². The first kappa shape index (κ1) is 12.8. The Labute approximate surface area is 97.5 Å². The summed E-state index contributed by atoms with van der Waals surface area (Å²) in [6.07, 6.45) is 6.34. The van der Waals surface area contributed by atoms with Crippen LogP contribution in [0.2, 0.25) is 0 Å². The second-order valence-corrected chi connectivity index (χ2v) is 4.21. The molecule has 0 radical (unpaired) electrons. The monoisotopic (exact) mass is 220 g/mol. The molecule has 1 rings (SSSR count). The Hall–Kier alpha value is -1.22. The van der Waals surface area contributed by atoms with E-state index >= 15 is 0 Å². The van der Waals surface area contributed by atoms with Gasteiger partial charge in [0.25, 0.3) is 0 Å². The van der Waals surface area contributed by atoms with Gasteiger partial charge in [-0.2, -0.15) is 0 Å². The van der Waals surface area contributed by atoms with E-state index in [1.807, 2.05) is 24.5 Å². The molecule has 0 atom stereocenters. The topological polar surface area (TPSA) is 33.2 Å². The SMILES string of the molecule is CC(=O)CCCN(C)CCc1ccncc1. The van der Waals surface area contributed by atoms with Crippen LogP contribution in [0.3, 0.4) is 0 Å². The third-order valence-corrected chi connectivity index (χ3v) is 2.60. The van der Waals surface area contributed by atoms with Crippen LogP contribution in [0.4, 0.5) is 0 Å². The quantitative estimate of drug-likeness (QED) is 0.704. The van der Waals surface area contributed by atoms with Gasteiger partial charge in [0.15, 0.2) is 0 Å². The summed E-state index contributed by atoms with van der Waals surface area (Å²) in [5.41, 5.74) is 1.31. The number of Topliss-reactive ketones (excluding diaryl/α,β-unsaturated/α-hetero) is 1.